The van der Waals surface area contributed by atoms with E-state index in [2.05, 4.69) is 10.6 Å². The van der Waals surface area contributed by atoms with Gasteiger partial charge in [-0.05, 0) is 39.2 Å². The average Bonchev–Trinajstić information content (AvgIpc) is 2.58. The summed E-state index contributed by atoms with van der Waals surface area (Å²) in [6.07, 6.45) is 2.93. The van der Waals surface area contributed by atoms with Crippen molar-refractivity contribution < 1.29 is 9.90 Å². The molecule has 0 aromatic heterocycles. The maximum Gasteiger partial charge on any atom is 0.237 e. The molecule has 19 heavy (non-hydrogen) atoms. The molecule has 1 aromatic rings. The van der Waals surface area contributed by atoms with E-state index in [1.807, 2.05) is 26.0 Å². The van der Waals surface area contributed by atoms with Crippen molar-refractivity contribution in [1.29, 1.82) is 0 Å². The molecule has 2 unspecified atom stereocenters. The smallest absolute Gasteiger partial charge is 0.237 e. The Hall–Kier alpha value is -1.55. The van der Waals surface area contributed by atoms with Gasteiger partial charge in [0, 0.05) is 18.2 Å². The van der Waals surface area contributed by atoms with Gasteiger partial charge >= 0.3 is 0 Å². The van der Waals surface area contributed by atoms with Crippen molar-refractivity contribution in [2.24, 2.45) is 0 Å². The quantitative estimate of drug-likeness (QED) is 0.781. The number of phenols is 1. The summed E-state index contributed by atoms with van der Waals surface area (Å²) in [5.74, 6) is 0.344. The topological polar surface area (TPSA) is 61.4 Å². The van der Waals surface area contributed by atoms with Gasteiger partial charge in [0.25, 0.3) is 0 Å². The van der Waals surface area contributed by atoms with E-state index in [0.29, 0.717) is 0 Å². The molecule has 0 radical (unpaired) electrons. The normalized spacial score (nSPS) is 21.6. The first kappa shape index (κ1) is 13.9. The van der Waals surface area contributed by atoms with Gasteiger partial charge in [-0.1, -0.05) is 17.7 Å². The second-order valence-electron chi connectivity index (χ2n) is 5.29. The number of nitrogens with one attached hydrogen (secondary N) is 2. The predicted octanol–water partition coefficient (Wildman–Crippen LogP) is 2.02. The Labute approximate surface area is 114 Å². The molecule has 4 heteroatoms. The fourth-order valence-electron chi connectivity index (χ4n) is 2.51. The zero-order valence-corrected chi connectivity index (χ0v) is 11.6. The molecule has 1 amide bonds. The number of aromatic hydroxyl groups is 1. The number of rotatable bonds is 3. The molecular weight excluding hydrogens is 240 g/mol. The lowest BCUT2D eigenvalue weighted by Crippen LogP contribution is -2.43. The summed E-state index contributed by atoms with van der Waals surface area (Å²) in [7, 11) is 0. The Morgan fingerprint density at radius 1 is 1.42 bits per heavy atom. The minimum atomic E-state index is -0.169. The highest BCUT2D eigenvalue weighted by Crippen LogP contribution is 2.25. The maximum atomic E-state index is 11.9. The lowest BCUT2D eigenvalue weighted by molar-refractivity contribution is -0.123. The number of hydrogen-bond donors (Lipinski definition) is 3. The van der Waals surface area contributed by atoms with E-state index < -0.39 is 0 Å². The number of phenolic OH excluding ortho intramolecular Hbond substituents is 1. The van der Waals surface area contributed by atoms with E-state index in [1.165, 1.54) is 0 Å². The van der Waals surface area contributed by atoms with Crippen LogP contribution in [0.4, 0.5) is 0 Å². The van der Waals surface area contributed by atoms with Gasteiger partial charge < -0.3 is 10.4 Å². The molecule has 1 saturated heterocycles. The molecule has 1 heterocycles. The Morgan fingerprint density at radius 2 is 2.21 bits per heavy atom. The molecule has 0 saturated carbocycles. The Kier molecular flexibility index (Phi) is 4.43. The second kappa shape index (κ2) is 6.06. The summed E-state index contributed by atoms with van der Waals surface area (Å²) in [4.78, 5) is 11.9. The first-order chi connectivity index (χ1) is 9.08. The summed E-state index contributed by atoms with van der Waals surface area (Å²) < 4.78 is 0. The SMILES string of the molecule is Cc1ccc(O)c(C(C)NC2CCCCNC2=O)c1. The number of amides is 1. The van der Waals surface area contributed by atoms with E-state index in [-0.39, 0.29) is 23.7 Å². The summed E-state index contributed by atoms with van der Waals surface area (Å²) >= 11 is 0. The fraction of sp³-hybridized carbons (Fsp3) is 0.533. The number of carbonyl (C=O) groups excluding carboxylic acids is 1. The molecule has 0 aliphatic carbocycles. The molecule has 0 bridgehead atoms. The first-order valence-electron chi connectivity index (χ1n) is 6.91. The molecule has 2 rings (SSSR count). The van der Waals surface area contributed by atoms with Crippen LogP contribution in [0.2, 0.25) is 0 Å². The average molecular weight is 262 g/mol. The highest BCUT2D eigenvalue weighted by molar-refractivity contribution is 5.82. The molecule has 1 fully saturated rings. The van der Waals surface area contributed by atoms with Crippen LogP contribution in [0.25, 0.3) is 0 Å². The van der Waals surface area contributed by atoms with Gasteiger partial charge in [0.1, 0.15) is 5.75 Å². The van der Waals surface area contributed by atoms with E-state index in [4.69, 9.17) is 0 Å². The zero-order valence-electron chi connectivity index (χ0n) is 11.6. The van der Waals surface area contributed by atoms with Crippen molar-refractivity contribution >= 4 is 5.91 Å². The molecular formula is C15H22N2O2. The van der Waals surface area contributed by atoms with Crippen LogP contribution in [0.15, 0.2) is 18.2 Å². The Bertz CT molecular complexity index is 459. The lowest BCUT2D eigenvalue weighted by atomic mass is 10.0. The molecule has 1 aromatic carbocycles. The number of carbonyl (C=O) groups is 1. The Morgan fingerprint density at radius 3 is 3.00 bits per heavy atom. The van der Waals surface area contributed by atoms with Crippen molar-refractivity contribution in [3.05, 3.63) is 29.3 Å². The van der Waals surface area contributed by atoms with Crippen LogP contribution in [0.5, 0.6) is 5.75 Å². The van der Waals surface area contributed by atoms with Crippen molar-refractivity contribution in [2.45, 2.75) is 45.2 Å². The van der Waals surface area contributed by atoms with Crippen molar-refractivity contribution in [1.82, 2.24) is 10.6 Å². The third-order valence-corrected chi connectivity index (χ3v) is 3.64. The van der Waals surface area contributed by atoms with Gasteiger partial charge in [-0.25, -0.2) is 0 Å². The molecule has 104 valence electrons. The van der Waals surface area contributed by atoms with Crippen LogP contribution in [-0.2, 0) is 4.79 Å². The minimum Gasteiger partial charge on any atom is -0.508 e. The van der Waals surface area contributed by atoms with E-state index in [0.717, 1.165) is 36.9 Å². The molecule has 3 N–H and O–H groups in total. The monoisotopic (exact) mass is 262 g/mol. The van der Waals surface area contributed by atoms with E-state index >= 15 is 0 Å². The van der Waals surface area contributed by atoms with Gasteiger partial charge in [-0.2, -0.15) is 0 Å². The summed E-state index contributed by atoms with van der Waals surface area (Å²) in [5.41, 5.74) is 1.95. The van der Waals surface area contributed by atoms with E-state index in [9.17, 15) is 9.90 Å². The number of aryl methyl sites for hydroxylation is 1. The van der Waals surface area contributed by atoms with Gasteiger partial charge in [0.2, 0.25) is 5.91 Å². The Balaban J connectivity index is 2.09. The van der Waals surface area contributed by atoms with Crippen molar-refractivity contribution in [3.63, 3.8) is 0 Å². The zero-order chi connectivity index (χ0) is 13.8. The maximum absolute atomic E-state index is 11.9. The van der Waals surface area contributed by atoms with Crippen molar-refractivity contribution in [2.75, 3.05) is 6.54 Å². The van der Waals surface area contributed by atoms with E-state index in [1.54, 1.807) is 6.07 Å². The third kappa shape index (κ3) is 3.47. The van der Waals surface area contributed by atoms with Crippen LogP contribution < -0.4 is 10.6 Å². The molecule has 1 aliphatic heterocycles. The predicted molar refractivity (Wildman–Crippen MR) is 75.0 cm³/mol. The van der Waals surface area contributed by atoms with Gasteiger partial charge in [-0.3, -0.25) is 10.1 Å². The fourth-order valence-corrected chi connectivity index (χ4v) is 2.51. The largest absolute Gasteiger partial charge is 0.508 e. The minimum absolute atomic E-state index is 0.0475. The lowest BCUT2D eigenvalue weighted by Gasteiger charge is -2.22. The first-order valence-corrected chi connectivity index (χ1v) is 6.91. The molecule has 1 aliphatic rings. The second-order valence-corrected chi connectivity index (χ2v) is 5.29. The van der Waals surface area contributed by atoms with Crippen LogP contribution in [-0.4, -0.2) is 23.6 Å². The molecule has 2 atom stereocenters. The van der Waals surface area contributed by atoms with Gasteiger partial charge in [-0.15, -0.1) is 0 Å². The third-order valence-electron chi connectivity index (χ3n) is 3.64. The highest BCUT2D eigenvalue weighted by atomic mass is 16.3. The van der Waals surface area contributed by atoms with Gasteiger partial charge in [0.05, 0.1) is 6.04 Å². The summed E-state index contributed by atoms with van der Waals surface area (Å²) in [6.45, 7) is 4.74. The van der Waals surface area contributed by atoms with Gasteiger partial charge in [0.15, 0.2) is 0 Å². The van der Waals surface area contributed by atoms with Crippen LogP contribution in [0.3, 0.4) is 0 Å². The number of benzene rings is 1. The molecule has 4 nitrogen and oxygen atoms in total. The van der Waals surface area contributed by atoms with Crippen LogP contribution in [0, 0.1) is 6.92 Å². The number of hydrogen-bond acceptors (Lipinski definition) is 3. The van der Waals surface area contributed by atoms with Crippen LogP contribution >= 0.6 is 0 Å². The highest BCUT2D eigenvalue weighted by Gasteiger charge is 2.23. The standard InChI is InChI=1S/C15H22N2O2/c1-10-6-7-14(18)12(9-10)11(2)17-13-5-3-4-8-16-15(13)19/h6-7,9,11,13,17-18H,3-5,8H2,1-2H3,(H,16,19). The van der Waals surface area contributed by atoms with Crippen molar-refractivity contribution in [3.8, 4) is 5.75 Å². The summed E-state index contributed by atoms with van der Waals surface area (Å²) in [5, 5.41) is 16.2. The van der Waals surface area contributed by atoms with Crippen LogP contribution in [0.1, 0.15) is 43.4 Å². The summed E-state index contributed by atoms with van der Waals surface area (Å²) in [6, 6.07) is 5.33. The molecule has 0 spiro atoms.